The summed E-state index contributed by atoms with van der Waals surface area (Å²) in [5, 5.41) is 13.2. The molecule has 3 aromatic rings. The quantitative estimate of drug-likeness (QED) is 0.737. The van der Waals surface area contributed by atoms with E-state index in [1.807, 2.05) is 25.1 Å². The number of piperidine rings is 1. The highest BCUT2D eigenvalue weighted by Crippen LogP contribution is 2.33. The summed E-state index contributed by atoms with van der Waals surface area (Å²) in [7, 11) is 1.66. The molecule has 4 rings (SSSR count). The summed E-state index contributed by atoms with van der Waals surface area (Å²) in [6.45, 7) is 3.46. The Labute approximate surface area is 159 Å². The van der Waals surface area contributed by atoms with E-state index in [0.717, 1.165) is 45.5 Å². The molecular weight excluding hydrogens is 370 g/mol. The van der Waals surface area contributed by atoms with Crippen molar-refractivity contribution in [1.29, 1.82) is 0 Å². The fraction of sp³-hybridized carbons (Fsp3) is 0.412. The van der Waals surface area contributed by atoms with Crippen LogP contribution in [0.25, 0.3) is 10.2 Å². The summed E-state index contributed by atoms with van der Waals surface area (Å²) in [4.78, 5) is 19.5. The minimum absolute atomic E-state index is 0.00799. The van der Waals surface area contributed by atoms with E-state index in [9.17, 15) is 4.79 Å². The number of carbonyl (C=O) groups excluding carboxylic acids is 1. The van der Waals surface area contributed by atoms with Crippen LogP contribution in [0.1, 0.15) is 17.8 Å². The van der Waals surface area contributed by atoms with Crippen molar-refractivity contribution >= 4 is 49.1 Å². The molecule has 7 nitrogen and oxygen atoms in total. The lowest BCUT2D eigenvalue weighted by molar-refractivity contribution is -0.120. The van der Waals surface area contributed by atoms with Crippen LogP contribution in [-0.2, 0) is 4.79 Å². The second kappa shape index (κ2) is 7.16. The molecule has 2 aromatic heterocycles. The normalized spacial score (nSPS) is 17.5. The van der Waals surface area contributed by atoms with E-state index in [4.69, 9.17) is 9.72 Å². The molecule has 3 heterocycles. The van der Waals surface area contributed by atoms with Crippen molar-refractivity contribution < 1.29 is 9.53 Å². The van der Waals surface area contributed by atoms with Crippen LogP contribution in [0.3, 0.4) is 0 Å². The van der Waals surface area contributed by atoms with Gasteiger partial charge in [0.25, 0.3) is 0 Å². The Morgan fingerprint density at radius 1 is 1.35 bits per heavy atom. The van der Waals surface area contributed by atoms with Crippen LogP contribution in [0.2, 0.25) is 0 Å². The first-order valence-corrected chi connectivity index (χ1v) is 10.1. The van der Waals surface area contributed by atoms with Gasteiger partial charge in [0.1, 0.15) is 10.8 Å². The molecule has 1 fully saturated rings. The molecule has 1 amide bonds. The second-order valence-electron chi connectivity index (χ2n) is 6.23. The third-order valence-corrected chi connectivity index (χ3v) is 6.24. The van der Waals surface area contributed by atoms with Gasteiger partial charge in [-0.1, -0.05) is 22.7 Å². The number of hydrogen-bond donors (Lipinski definition) is 1. The third kappa shape index (κ3) is 3.49. The molecule has 0 saturated carbocycles. The predicted octanol–water partition coefficient (Wildman–Crippen LogP) is 3.32. The van der Waals surface area contributed by atoms with Gasteiger partial charge < -0.3 is 15.0 Å². The van der Waals surface area contributed by atoms with Gasteiger partial charge in [-0.25, -0.2) is 4.98 Å². The van der Waals surface area contributed by atoms with E-state index in [1.165, 1.54) is 11.3 Å². The summed E-state index contributed by atoms with van der Waals surface area (Å²) in [5.74, 6) is 0.763. The Morgan fingerprint density at radius 2 is 2.23 bits per heavy atom. The van der Waals surface area contributed by atoms with E-state index in [2.05, 4.69) is 20.4 Å². The fourth-order valence-corrected chi connectivity index (χ4v) is 4.70. The number of anilines is 2. The third-order valence-electron chi connectivity index (χ3n) is 4.40. The number of nitrogens with zero attached hydrogens (tertiary/aromatic N) is 4. The minimum Gasteiger partial charge on any atom is -0.497 e. The zero-order valence-electron chi connectivity index (χ0n) is 14.6. The predicted molar refractivity (Wildman–Crippen MR) is 104 cm³/mol. The largest absolute Gasteiger partial charge is 0.497 e. The smallest absolute Gasteiger partial charge is 0.231 e. The summed E-state index contributed by atoms with van der Waals surface area (Å²) in [5.41, 5.74) is 0.960. The first-order valence-electron chi connectivity index (χ1n) is 8.43. The Hall–Kier alpha value is -2.26. The molecule has 0 radical (unpaired) electrons. The number of fused-ring (bicyclic) bond motifs is 1. The minimum atomic E-state index is -0.0745. The lowest BCUT2D eigenvalue weighted by Crippen LogP contribution is -2.40. The summed E-state index contributed by atoms with van der Waals surface area (Å²) in [6, 6.07) is 5.89. The number of nitrogens with one attached hydrogen (secondary N) is 1. The summed E-state index contributed by atoms with van der Waals surface area (Å²) in [6.07, 6.45) is 1.84. The number of thiazole rings is 1. The van der Waals surface area contributed by atoms with Gasteiger partial charge in [0.05, 0.1) is 23.2 Å². The standard InChI is InChI=1S/C17H19N5O2S2/c1-10-20-21-16(25-10)19-15(23)11-4-3-7-22(9-11)17-18-13-6-5-12(24-2)8-14(13)26-17/h5-6,8,11H,3-4,7,9H2,1-2H3,(H,19,21,23). The number of amides is 1. The van der Waals surface area contributed by atoms with Gasteiger partial charge >= 0.3 is 0 Å². The van der Waals surface area contributed by atoms with Crippen molar-refractivity contribution in [2.75, 3.05) is 30.4 Å². The molecule has 1 aromatic carbocycles. The fourth-order valence-electron chi connectivity index (χ4n) is 3.07. The van der Waals surface area contributed by atoms with Crippen molar-refractivity contribution in [3.8, 4) is 5.75 Å². The molecular formula is C17H19N5O2S2. The SMILES string of the molecule is COc1ccc2nc(N3CCCC(C(=O)Nc4nnc(C)s4)C3)sc2c1. The van der Waals surface area contributed by atoms with Gasteiger partial charge in [-0.2, -0.15) is 0 Å². The highest BCUT2D eigenvalue weighted by atomic mass is 32.1. The van der Waals surface area contributed by atoms with E-state index < -0.39 is 0 Å². The highest BCUT2D eigenvalue weighted by Gasteiger charge is 2.28. The van der Waals surface area contributed by atoms with Gasteiger partial charge in [0.15, 0.2) is 5.13 Å². The number of carbonyl (C=O) groups is 1. The number of aromatic nitrogens is 3. The average molecular weight is 390 g/mol. The number of hydrogen-bond acceptors (Lipinski definition) is 8. The van der Waals surface area contributed by atoms with Crippen LogP contribution in [-0.4, -0.2) is 41.3 Å². The molecule has 9 heteroatoms. The van der Waals surface area contributed by atoms with E-state index in [-0.39, 0.29) is 11.8 Å². The maximum absolute atomic E-state index is 12.6. The maximum atomic E-state index is 12.6. The van der Waals surface area contributed by atoms with E-state index in [1.54, 1.807) is 18.4 Å². The monoisotopic (exact) mass is 389 g/mol. The van der Waals surface area contributed by atoms with Crippen LogP contribution in [0, 0.1) is 12.8 Å². The van der Waals surface area contributed by atoms with Crippen LogP contribution in [0.15, 0.2) is 18.2 Å². The molecule has 1 atom stereocenters. The van der Waals surface area contributed by atoms with Crippen LogP contribution < -0.4 is 15.0 Å². The molecule has 1 N–H and O–H groups in total. The molecule has 1 saturated heterocycles. The Bertz CT molecular complexity index is 938. The van der Waals surface area contributed by atoms with Crippen molar-refractivity contribution in [1.82, 2.24) is 15.2 Å². The average Bonchev–Trinajstić information content (AvgIpc) is 3.27. The van der Waals surface area contributed by atoms with E-state index in [0.29, 0.717) is 11.7 Å². The molecule has 1 aliphatic heterocycles. The van der Waals surface area contributed by atoms with Crippen LogP contribution in [0.5, 0.6) is 5.75 Å². The van der Waals surface area contributed by atoms with Gasteiger partial charge in [-0.3, -0.25) is 4.79 Å². The van der Waals surface area contributed by atoms with Gasteiger partial charge in [-0.15, -0.1) is 10.2 Å². The molecule has 0 bridgehead atoms. The van der Waals surface area contributed by atoms with Crippen molar-refractivity contribution in [2.45, 2.75) is 19.8 Å². The first-order chi connectivity index (χ1) is 12.6. The molecule has 0 aliphatic carbocycles. The van der Waals surface area contributed by atoms with Crippen LogP contribution >= 0.6 is 22.7 Å². The topological polar surface area (TPSA) is 80.2 Å². The number of aryl methyl sites for hydroxylation is 1. The summed E-state index contributed by atoms with van der Waals surface area (Å²) >= 11 is 3.03. The molecule has 26 heavy (non-hydrogen) atoms. The number of rotatable bonds is 4. The lowest BCUT2D eigenvalue weighted by atomic mass is 9.98. The van der Waals surface area contributed by atoms with Gasteiger partial charge in [-0.05, 0) is 38.0 Å². The summed E-state index contributed by atoms with van der Waals surface area (Å²) < 4.78 is 6.38. The number of methoxy groups -OCH3 is 1. The van der Waals surface area contributed by atoms with Gasteiger partial charge in [0.2, 0.25) is 11.0 Å². The Morgan fingerprint density at radius 3 is 3.00 bits per heavy atom. The molecule has 136 valence electrons. The van der Waals surface area contributed by atoms with Crippen LogP contribution in [0.4, 0.5) is 10.3 Å². The van der Waals surface area contributed by atoms with Crippen molar-refractivity contribution in [3.63, 3.8) is 0 Å². The Kier molecular flexibility index (Phi) is 4.73. The number of benzene rings is 1. The second-order valence-corrected chi connectivity index (χ2v) is 8.42. The lowest BCUT2D eigenvalue weighted by Gasteiger charge is -2.31. The zero-order valence-corrected chi connectivity index (χ0v) is 16.2. The zero-order chi connectivity index (χ0) is 18.1. The van der Waals surface area contributed by atoms with Crippen molar-refractivity contribution in [3.05, 3.63) is 23.2 Å². The Balaban J connectivity index is 1.48. The van der Waals surface area contributed by atoms with Gasteiger partial charge in [0, 0.05) is 13.1 Å². The highest BCUT2D eigenvalue weighted by molar-refractivity contribution is 7.22. The van der Waals surface area contributed by atoms with E-state index >= 15 is 0 Å². The first kappa shape index (κ1) is 17.2. The molecule has 1 unspecified atom stereocenters. The number of ether oxygens (including phenoxy) is 1. The maximum Gasteiger partial charge on any atom is 0.231 e. The molecule has 0 spiro atoms. The molecule has 1 aliphatic rings. The van der Waals surface area contributed by atoms with Crippen molar-refractivity contribution in [2.24, 2.45) is 5.92 Å².